The molecule has 0 radical (unpaired) electrons. The highest BCUT2D eigenvalue weighted by Crippen LogP contribution is 2.69. The lowest BCUT2D eigenvalue weighted by Crippen LogP contribution is -2.63. The zero-order chi connectivity index (χ0) is 15.5. The Hall–Kier alpha value is -0.610. The summed E-state index contributed by atoms with van der Waals surface area (Å²) in [6.45, 7) is 5.92. The second-order valence-corrected chi connectivity index (χ2v) is 9.24. The van der Waals surface area contributed by atoms with Gasteiger partial charge in [-0.1, -0.05) is 13.8 Å². The van der Waals surface area contributed by atoms with Crippen molar-refractivity contribution in [1.29, 1.82) is 0 Å². The monoisotopic (exact) mass is 295 g/mol. The number of amides is 1. The maximum Gasteiger partial charge on any atom is 0.226 e. The van der Waals surface area contributed by atoms with Gasteiger partial charge in [0.15, 0.2) is 0 Å². The van der Waals surface area contributed by atoms with Gasteiger partial charge < -0.3 is 15.5 Å². The Bertz CT molecular complexity index is 439. The van der Waals surface area contributed by atoms with Crippen molar-refractivity contribution >= 4 is 5.91 Å². The molecule has 2 atom stereocenters. The number of hydrogen-bond donors (Lipinski definition) is 3. The number of carbonyl (C=O) groups is 1. The van der Waals surface area contributed by atoms with E-state index in [0.717, 1.165) is 19.3 Å². The number of nitrogens with one attached hydrogen (secondary N) is 1. The fourth-order valence-electron chi connectivity index (χ4n) is 6.24. The fraction of sp³-hybridized carbons (Fsp3) is 0.941. The van der Waals surface area contributed by atoms with Crippen LogP contribution in [0.1, 0.15) is 59.3 Å². The van der Waals surface area contributed by atoms with Crippen molar-refractivity contribution in [2.75, 3.05) is 13.2 Å². The van der Waals surface area contributed by atoms with E-state index in [4.69, 9.17) is 0 Å². The highest BCUT2D eigenvalue weighted by atomic mass is 16.3. The quantitative estimate of drug-likeness (QED) is 0.741. The van der Waals surface area contributed by atoms with E-state index in [9.17, 15) is 15.0 Å². The molecule has 1 amide bonds. The van der Waals surface area contributed by atoms with Crippen LogP contribution >= 0.6 is 0 Å². The van der Waals surface area contributed by atoms with Crippen molar-refractivity contribution in [3.8, 4) is 0 Å². The molecule has 4 saturated carbocycles. The summed E-state index contributed by atoms with van der Waals surface area (Å²) in [7, 11) is 0. The van der Waals surface area contributed by atoms with E-state index in [1.54, 1.807) is 6.92 Å². The minimum Gasteiger partial charge on any atom is -0.394 e. The molecule has 4 rings (SSSR count). The van der Waals surface area contributed by atoms with Crippen LogP contribution in [0.15, 0.2) is 0 Å². The van der Waals surface area contributed by atoms with Crippen LogP contribution in [0.3, 0.4) is 0 Å². The zero-order valence-corrected chi connectivity index (χ0v) is 13.5. The maximum atomic E-state index is 13.0. The van der Waals surface area contributed by atoms with Gasteiger partial charge in [-0.05, 0) is 62.2 Å². The third-order valence-electron chi connectivity index (χ3n) is 6.22. The van der Waals surface area contributed by atoms with Gasteiger partial charge in [0, 0.05) is 0 Å². The number of rotatable bonds is 4. The standard InChI is InChI=1S/C17H29NO3/c1-14-4-12-5-15(2,7-14)9-17(6-12,8-14)13(21)18-16(3,10-19)11-20/h12,19-20H,4-11H2,1-3H3,(H,18,21). The third kappa shape index (κ3) is 2.40. The Morgan fingerprint density at radius 2 is 1.62 bits per heavy atom. The number of aliphatic hydroxyl groups excluding tert-OH is 2. The average molecular weight is 295 g/mol. The Kier molecular flexibility index (Phi) is 3.24. The second-order valence-electron chi connectivity index (χ2n) is 9.24. The molecule has 4 aliphatic carbocycles. The first-order chi connectivity index (χ1) is 9.66. The minimum atomic E-state index is -0.914. The molecule has 0 aliphatic heterocycles. The van der Waals surface area contributed by atoms with E-state index in [1.807, 2.05) is 0 Å². The molecule has 4 fully saturated rings. The Morgan fingerprint density at radius 3 is 2.05 bits per heavy atom. The van der Waals surface area contributed by atoms with Crippen LogP contribution in [-0.4, -0.2) is 34.9 Å². The van der Waals surface area contributed by atoms with Crippen LogP contribution in [0.25, 0.3) is 0 Å². The van der Waals surface area contributed by atoms with Crippen LogP contribution in [0.2, 0.25) is 0 Å². The SMILES string of the molecule is CC12CC3CC(C)(C1)CC(C(=O)NC(C)(CO)CO)(C3)C2. The van der Waals surface area contributed by atoms with Crippen molar-refractivity contribution in [3.05, 3.63) is 0 Å². The molecule has 0 spiro atoms. The Labute approximate surface area is 127 Å². The Morgan fingerprint density at radius 1 is 1.10 bits per heavy atom. The maximum absolute atomic E-state index is 13.0. The van der Waals surface area contributed by atoms with Gasteiger partial charge in [0.25, 0.3) is 0 Å². The van der Waals surface area contributed by atoms with Gasteiger partial charge in [-0.3, -0.25) is 4.79 Å². The van der Waals surface area contributed by atoms with Crippen molar-refractivity contribution in [3.63, 3.8) is 0 Å². The van der Waals surface area contributed by atoms with Crippen molar-refractivity contribution in [2.45, 2.75) is 64.8 Å². The van der Waals surface area contributed by atoms with Crippen molar-refractivity contribution in [1.82, 2.24) is 5.32 Å². The molecule has 4 nitrogen and oxygen atoms in total. The van der Waals surface area contributed by atoms with Gasteiger partial charge in [0.2, 0.25) is 5.91 Å². The lowest BCUT2D eigenvalue weighted by Gasteiger charge is -2.64. The molecule has 3 N–H and O–H groups in total. The van der Waals surface area contributed by atoms with Gasteiger partial charge in [-0.15, -0.1) is 0 Å². The zero-order valence-electron chi connectivity index (χ0n) is 13.5. The molecule has 2 unspecified atom stereocenters. The lowest BCUT2D eigenvalue weighted by molar-refractivity contribution is -0.172. The molecule has 120 valence electrons. The van der Waals surface area contributed by atoms with E-state index in [2.05, 4.69) is 19.2 Å². The minimum absolute atomic E-state index is 0.0506. The molecule has 0 heterocycles. The van der Waals surface area contributed by atoms with Crippen LogP contribution in [0, 0.1) is 22.2 Å². The van der Waals surface area contributed by atoms with Gasteiger partial charge in [-0.25, -0.2) is 0 Å². The summed E-state index contributed by atoms with van der Waals surface area (Å²) in [6, 6.07) is 0. The van der Waals surface area contributed by atoms with Crippen LogP contribution in [0.4, 0.5) is 0 Å². The van der Waals surface area contributed by atoms with E-state index in [1.165, 1.54) is 19.3 Å². The van der Waals surface area contributed by atoms with Crippen LogP contribution in [-0.2, 0) is 4.79 Å². The molecule has 0 aromatic heterocycles. The van der Waals surface area contributed by atoms with E-state index in [0.29, 0.717) is 16.7 Å². The first-order valence-corrected chi connectivity index (χ1v) is 8.20. The first kappa shape index (κ1) is 15.3. The van der Waals surface area contributed by atoms with E-state index < -0.39 is 5.54 Å². The number of aliphatic hydroxyl groups is 2. The van der Waals surface area contributed by atoms with E-state index in [-0.39, 0.29) is 24.5 Å². The second kappa shape index (κ2) is 4.45. The summed E-state index contributed by atoms with van der Waals surface area (Å²) >= 11 is 0. The number of hydrogen-bond acceptors (Lipinski definition) is 3. The topological polar surface area (TPSA) is 69.6 Å². The smallest absolute Gasteiger partial charge is 0.226 e. The lowest BCUT2D eigenvalue weighted by atomic mass is 9.40. The summed E-state index contributed by atoms with van der Waals surface area (Å²) in [4.78, 5) is 13.0. The molecule has 4 bridgehead atoms. The van der Waals surface area contributed by atoms with Gasteiger partial charge in [0.1, 0.15) is 0 Å². The highest BCUT2D eigenvalue weighted by molar-refractivity contribution is 5.84. The summed E-state index contributed by atoms with van der Waals surface area (Å²) in [5.74, 6) is 0.714. The molecule has 0 aromatic carbocycles. The molecular formula is C17H29NO3. The fourth-order valence-corrected chi connectivity index (χ4v) is 6.24. The molecule has 4 heteroatoms. The van der Waals surface area contributed by atoms with E-state index >= 15 is 0 Å². The highest BCUT2D eigenvalue weighted by Gasteiger charge is 2.63. The molecular weight excluding hydrogens is 266 g/mol. The first-order valence-electron chi connectivity index (χ1n) is 8.20. The molecule has 0 saturated heterocycles. The predicted molar refractivity (Wildman–Crippen MR) is 80.6 cm³/mol. The number of carbonyl (C=O) groups excluding carboxylic acids is 1. The van der Waals surface area contributed by atoms with Crippen molar-refractivity contribution < 1.29 is 15.0 Å². The third-order valence-corrected chi connectivity index (χ3v) is 6.22. The van der Waals surface area contributed by atoms with Gasteiger partial charge in [-0.2, -0.15) is 0 Å². The summed E-state index contributed by atoms with van der Waals surface area (Å²) in [6.07, 6.45) is 6.67. The molecule has 4 aliphatic rings. The predicted octanol–water partition coefficient (Wildman–Crippen LogP) is 1.84. The summed E-state index contributed by atoms with van der Waals surface area (Å²) in [5, 5.41) is 21.8. The van der Waals surface area contributed by atoms with Crippen LogP contribution in [0.5, 0.6) is 0 Å². The van der Waals surface area contributed by atoms with Crippen LogP contribution < -0.4 is 5.32 Å². The Balaban J connectivity index is 1.86. The molecule has 0 aromatic rings. The normalized spacial score (nSPS) is 44.9. The van der Waals surface area contributed by atoms with Crippen molar-refractivity contribution in [2.24, 2.45) is 22.2 Å². The van der Waals surface area contributed by atoms with Gasteiger partial charge >= 0.3 is 0 Å². The summed E-state index contributed by atoms with van der Waals surface area (Å²) < 4.78 is 0. The average Bonchev–Trinajstić information content (AvgIpc) is 2.34. The summed E-state index contributed by atoms with van der Waals surface area (Å²) in [5.41, 5.74) is -0.614. The largest absolute Gasteiger partial charge is 0.394 e. The molecule has 21 heavy (non-hydrogen) atoms. The van der Waals surface area contributed by atoms with Gasteiger partial charge in [0.05, 0.1) is 24.2 Å².